The largest absolute Gasteiger partial charge is 0.481 e. The molecule has 2 saturated heterocycles. The minimum absolute atomic E-state index is 0.00338. The lowest BCUT2D eigenvalue weighted by molar-refractivity contribution is -0.143. The summed E-state index contributed by atoms with van der Waals surface area (Å²) in [5, 5.41) is 18.5. The van der Waals surface area contributed by atoms with Crippen LogP contribution in [0.3, 0.4) is 0 Å². The van der Waals surface area contributed by atoms with E-state index in [1.807, 2.05) is 48.2 Å². The molecule has 8 nitrogen and oxygen atoms in total. The van der Waals surface area contributed by atoms with Crippen LogP contribution in [-0.4, -0.2) is 84.7 Å². The number of anilines is 1. The molecule has 2 aliphatic heterocycles. The number of hydrogen-bond acceptors (Lipinski definition) is 5. The third kappa shape index (κ3) is 6.22. The van der Waals surface area contributed by atoms with Crippen LogP contribution in [0.4, 0.5) is 5.69 Å². The Labute approximate surface area is 189 Å². The molecule has 2 unspecified atom stereocenters. The van der Waals surface area contributed by atoms with Crippen molar-refractivity contribution in [3.63, 3.8) is 0 Å². The molecular weight excluding hydrogens is 410 g/mol. The average Bonchev–Trinajstić information content (AvgIpc) is 2.78. The number of likely N-dealkylation sites (tertiary alicyclic amines) is 2. The Morgan fingerprint density at radius 3 is 2.19 bits per heavy atom. The van der Waals surface area contributed by atoms with Crippen LogP contribution in [0, 0.1) is 17.8 Å². The Hall–Kier alpha value is -2.61. The summed E-state index contributed by atoms with van der Waals surface area (Å²) in [6.45, 7) is 3.47. The molecule has 1 amide bonds. The number of nitrogens with zero attached hydrogens (tertiary/aromatic N) is 3. The molecule has 2 atom stereocenters. The van der Waals surface area contributed by atoms with Gasteiger partial charge in [-0.2, -0.15) is 0 Å². The highest BCUT2D eigenvalue weighted by molar-refractivity contribution is 5.94. The molecule has 176 valence electrons. The predicted octanol–water partition coefficient (Wildman–Crippen LogP) is 2.49. The molecule has 0 spiro atoms. The summed E-state index contributed by atoms with van der Waals surface area (Å²) < 4.78 is 0. The van der Waals surface area contributed by atoms with Crippen molar-refractivity contribution in [3.8, 4) is 0 Å². The zero-order valence-corrected chi connectivity index (χ0v) is 19.1. The minimum atomic E-state index is -0.790. The van der Waals surface area contributed by atoms with Crippen LogP contribution < -0.4 is 4.90 Å². The van der Waals surface area contributed by atoms with E-state index in [1.54, 1.807) is 0 Å². The first-order chi connectivity index (χ1) is 15.2. The van der Waals surface area contributed by atoms with Crippen LogP contribution in [-0.2, 0) is 9.59 Å². The van der Waals surface area contributed by atoms with E-state index in [-0.39, 0.29) is 30.1 Å². The van der Waals surface area contributed by atoms with E-state index < -0.39 is 11.9 Å². The van der Waals surface area contributed by atoms with E-state index in [9.17, 15) is 24.6 Å². The van der Waals surface area contributed by atoms with Gasteiger partial charge in [-0.1, -0.05) is 0 Å². The number of piperidine rings is 2. The fraction of sp³-hybridized carbons (Fsp3) is 0.625. The van der Waals surface area contributed by atoms with E-state index in [1.165, 1.54) is 0 Å². The molecule has 2 fully saturated rings. The summed E-state index contributed by atoms with van der Waals surface area (Å²) in [6.07, 6.45) is 2.96. The molecule has 1 aromatic carbocycles. The lowest BCUT2D eigenvalue weighted by Gasteiger charge is -2.39. The maximum Gasteiger partial charge on any atom is 0.306 e. The van der Waals surface area contributed by atoms with Gasteiger partial charge in [0, 0.05) is 44.9 Å². The highest BCUT2D eigenvalue weighted by Crippen LogP contribution is 2.31. The van der Waals surface area contributed by atoms with Crippen LogP contribution in [0.1, 0.15) is 42.5 Å². The number of carboxylic acid groups (broad SMARTS) is 2. The van der Waals surface area contributed by atoms with Gasteiger partial charge in [-0.15, -0.1) is 0 Å². The van der Waals surface area contributed by atoms with E-state index >= 15 is 0 Å². The summed E-state index contributed by atoms with van der Waals surface area (Å²) in [7, 11) is 3.91. The standard InChI is InChI=1S/C24H35N3O5/c1-25(2)21-5-3-17(4-6-21)23(30)27-14-10-19(15-22(28)29)20(16-27)9-13-26-11-7-18(8-12-26)24(31)32/h3-6,18-20H,7-16H2,1-2H3,(H,28,29)(H,31,32). The molecule has 0 radical (unpaired) electrons. The smallest absolute Gasteiger partial charge is 0.306 e. The summed E-state index contributed by atoms with van der Waals surface area (Å²) in [5.74, 6) is -1.58. The summed E-state index contributed by atoms with van der Waals surface area (Å²) >= 11 is 0. The summed E-state index contributed by atoms with van der Waals surface area (Å²) in [5.41, 5.74) is 1.69. The molecule has 2 aliphatic rings. The lowest BCUT2D eigenvalue weighted by atomic mass is 9.80. The number of carbonyl (C=O) groups is 3. The molecule has 2 N–H and O–H groups in total. The van der Waals surface area contributed by atoms with E-state index in [0.29, 0.717) is 37.9 Å². The Morgan fingerprint density at radius 1 is 0.969 bits per heavy atom. The molecule has 0 aromatic heterocycles. The Kier molecular flexibility index (Phi) is 8.12. The summed E-state index contributed by atoms with van der Waals surface area (Å²) in [6, 6.07) is 7.57. The van der Waals surface area contributed by atoms with Crippen LogP contribution in [0.25, 0.3) is 0 Å². The highest BCUT2D eigenvalue weighted by Gasteiger charge is 2.34. The van der Waals surface area contributed by atoms with Gasteiger partial charge in [0.05, 0.1) is 5.92 Å². The zero-order valence-electron chi connectivity index (χ0n) is 19.1. The fourth-order valence-electron chi connectivity index (χ4n) is 4.92. The van der Waals surface area contributed by atoms with Gasteiger partial charge in [-0.3, -0.25) is 14.4 Å². The van der Waals surface area contributed by atoms with Crippen molar-refractivity contribution in [1.82, 2.24) is 9.80 Å². The number of aliphatic carboxylic acids is 2. The van der Waals surface area contributed by atoms with Crippen LogP contribution in [0.15, 0.2) is 24.3 Å². The van der Waals surface area contributed by atoms with Gasteiger partial charge in [0.15, 0.2) is 0 Å². The zero-order chi connectivity index (χ0) is 23.3. The monoisotopic (exact) mass is 445 g/mol. The molecule has 2 heterocycles. The Bertz CT molecular complexity index is 802. The Balaban J connectivity index is 1.60. The van der Waals surface area contributed by atoms with Gasteiger partial charge in [-0.25, -0.2) is 0 Å². The van der Waals surface area contributed by atoms with Gasteiger partial charge < -0.3 is 24.9 Å². The molecule has 1 aromatic rings. The molecule has 0 bridgehead atoms. The van der Waals surface area contributed by atoms with E-state index in [4.69, 9.17) is 0 Å². The third-order valence-corrected chi connectivity index (χ3v) is 7.00. The van der Waals surface area contributed by atoms with Crippen LogP contribution in [0.5, 0.6) is 0 Å². The van der Waals surface area contributed by atoms with Crippen molar-refractivity contribution in [3.05, 3.63) is 29.8 Å². The third-order valence-electron chi connectivity index (χ3n) is 7.00. The number of amides is 1. The van der Waals surface area contributed by atoms with Crippen molar-refractivity contribution in [2.24, 2.45) is 17.8 Å². The lowest BCUT2D eigenvalue weighted by Crippen LogP contribution is -2.46. The topological polar surface area (TPSA) is 101 Å². The van der Waals surface area contributed by atoms with Crippen molar-refractivity contribution in [2.45, 2.75) is 32.1 Å². The van der Waals surface area contributed by atoms with Gasteiger partial charge >= 0.3 is 11.9 Å². The second kappa shape index (κ2) is 10.8. The maximum absolute atomic E-state index is 13.1. The van der Waals surface area contributed by atoms with E-state index in [2.05, 4.69) is 4.90 Å². The van der Waals surface area contributed by atoms with Crippen LogP contribution in [0.2, 0.25) is 0 Å². The molecule has 0 aliphatic carbocycles. The predicted molar refractivity (Wildman–Crippen MR) is 122 cm³/mol. The quantitative estimate of drug-likeness (QED) is 0.634. The number of carbonyl (C=O) groups excluding carboxylic acids is 1. The fourth-order valence-corrected chi connectivity index (χ4v) is 4.92. The van der Waals surface area contributed by atoms with Crippen molar-refractivity contribution >= 4 is 23.5 Å². The van der Waals surface area contributed by atoms with Gasteiger partial charge in [0.25, 0.3) is 5.91 Å². The molecule has 0 saturated carbocycles. The summed E-state index contributed by atoms with van der Waals surface area (Å²) in [4.78, 5) is 41.8. The number of benzene rings is 1. The first kappa shape index (κ1) is 24.0. The van der Waals surface area contributed by atoms with Crippen LogP contribution >= 0.6 is 0 Å². The average molecular weight is 446 g/mol. The molecule has 8 heteroatoms. The van der Waals surface area contributed by atoms with Crippen molar-refractivity contribution < 1.29 is 24.6 Å². The van der Waals surface area contributed by atoms with Gasteiger partial charge in [0.2, 0.25) is 0 Å². The SMILES string of the molecule is CN(C)c1ccc(C(=O)N2CCC(CC(=O)O)C(CCN3CCC(C(=O)O)CC3)C2)cc1. The second-order valence-electron chi connectivity index (χ2n) is 9.34. The van der Waals surface area contributed by atoms with Crippen molar-refractivity contribution in [2.75, 3.05) is 51.7 Å². The van der Waals surface area contributed by atoms with Gasteiger partial charge in [-0.05, 0) is 81.4 Å². The maximum atomic E-state index is 13.1. The first-order valence-electron chi connectivity index (χ1n) is 11.5. The normalized spacial score (nSPS) is 22.5. The first-order valence-corrected chi connectivity index (χ1v) is 11.5. The number of rotatable bonds is 8. The van der Waals surface area contributed by atoms with Crippen molar-refractivity contribution in [1.29, 1.82) is 0 Å². The molecule has 3 rings (SSSR count). The van der Waals surface area contributed by atoms with E-state index in [0.717, 1.165) is 31.7 Å². The second-order valence-corrected chi connectivity index (χ2v) is 9.34. The molecule has 32 heavy (non-hydrogen) atoms. The Morgan fingerprint density at radius 2 is 1.62 bits per heavy atom. The number of hydrogen-bond donors (Lipinski definition) is 2. The highest BCUT2D eigenvalue weighted by atomic mass is 16.4. The minimum Gasteiger partial charge on any atom is -0.481 e. The van der Waals surface area contributed by atoms with Gasteiger partial charge in [0.1, 0.15) is 0 Å². The number of carboxylic acids is 2. The molecular formula is C24H35N3O5.